The Morgan fingerprint density at radius 1 is 1.41 bits per heavy atom. The lowest BCUT2D eigenvalue weighted by Crippen LogP contribution is -2.44. The zero-order valence-electron chi connectivity index (χ0n) is 10.3. The SMILES string of the molecule is Cc1cccc(CNCC2(O)CCOCC2)n1. The summed E-state index contributed by atoms with van der Waals surface area (Å²) < 4.78 is 5.25. The summed E-state index contributed by atoms with van der Waals surface area (Å²) in [6.07, 6.45) is 1.42. The van der Waals surface area contributed by atoms with Crippen LogP contribution in [0, 0.1) is 6.92 Å². The van der Waals surface area contributed by atoms with Crippen molar-refractivity contribution in [3.05, 3.63) is 29.6 Å². The molecule has 0 saturated carbocycles. The van der Waals surface area contributed by atoms with E-state index in [0.717, 1.165) is 11.4 Å². The van der Waals surface area contributed by atoms with Crippen molar-refractivity contribution in [1.29, 1.82) is 0 Å². The first-order valence-electron chi connectivity index (χ1n) is 6.11. The molecule has 2 N–H and O–H groups in total. The van der Waals surface area contributed by atoms with Crippen LogP contribution in [0.3, 0.4) is 0 Å². The van der Waals surface area contributed by atoms with Gasteiger partial charge in [-0.3, -0.25) is 4.98 Å². The van der Waals surface area contributed by atoms with Gasteiger partial charge < -0.3 is 15.2 Å². The Morgan fingerprint density at radius 3 is 2.88 bits per heavy atom. The highest BCUT2D eigenvalue weighted by atomic mass is 16.5. The Morgan fingerprint density at radius 2 is 2.18 bits per heavy atom. The van der Waals surface area contributed by atoms with E-state index in [1.54, 1.807) is 0 Å². The van der Waals surface area contributed by atoms with Gasteiger partial charge in [0.15, 0.2) is 0 Å². The fourth-order valence-corrected chi connectivity index (χ4v) is 2.05. The molecular weight excluding hydrogens is 216 g/mol. The number of nitrogens with one attached hydrogen (secondary N) is 1. The van der Waals surface area contributed by atoms with Gasteiger partial charge in [-0.1, -0.05) is 6.07 Å². The zero-order valence-corrected chi connectivity index (χ0v) is 10.3. The van der Waals surface area contributed by atoms with Crippen LogP contribution in [-0.4, -0.2) is 35.5 Å². The van der Waals surface area contributed by atoms with Crippen molar-refractivity contribution >= 4 is 0 Å². The summed E-state index contributed by atoms with van der Waals surface area (Å²) >= 11 is 0. The van der Waals surface area contributed by atoms with E-state index in [0.29, 0.717) is 39.1 Å². The maximum Gasteiger partial charge on any atom is 0.0815 e. The Labute approximate surface area is 102 Å². The predicted molar refractivity (Wildman–Crippen MR) is 65.7 cm³/mol. The smallest absolute Gasteiger partial charge is 0.0815 e. The predicted octanol–water partition coefficient (Wildman–Crippen LogP) is 1.02. The van der Waals surface area contributed by atoms with Gasteiger partial charge >= 0.3 is 0 Å². The lowest BCUT2D eigenvalue weighted by atomic mass is 9.94. The molecule has 0 atom stereocenters. The van der Waals surface area contributed by atoms with Crippen LogP contribution in [0.4, 0.5) is 0 Å². The molecule has 1 aromatic heterocycles. The van der Waals surface area contributed by atoms with Crippen molar-refractivity contribution in [3.8, 4) is 0 Å². The average Bonchev–Trinajstić information content (AvgIpc) is 2.30. The summed E-state index contributed by atoms with van der Waals surface area (Å²) in [4.78, 5) is 4.41. The molecule has 0 amide bonds. The maximum atomic E-state index is 10.2. The van der Waals surface area contributed by atoms with Gasteiger partial charge in [0.25, 0.3) is 0 Å². The maximum absolute atomic E-state index is 10.2. The summed E-state index contributed by atoms with van der Waals surface area (Å²) in [6.45, 7) is 4.59. The van der Waals surface area contributed by atoms with Gasteiger partial charge in [0.1, 0.15) is 0 Å². The molecule has 94 valence electrons. The zero-order chi connectivity index (χ0) is 12.1. The van der Waals surface area contributed by atoms with Gasteiger partial charge in [-0.05, 0) is 19.1 Å². The minimum Gasteiger partial charge on any atom is -0.388 e. The molecule has 1 fully saturated rings. The van der Waals surface area contributed by atoms with Gasteiger partial charge in [0.05, 0.1) is 11.3 Å². The minimum atomic E-state index is -0.609. The summed E-state index contributed by atoms with van der Waals surface area (Å²) in [5.74, 6) is 0. The highest BCUT2D eigenvalue weighted by Crippen LogP contribution is 2.19. The number of hydrogen-bond donors (Lipinski definition) is 2. The van der Waals surface area contributed by atoms with Crippen LogP contribution < -0.4 is 5.32 Å². The molecule has 2 rings (SSSR count). The topological polar surface area (TPSA) is 54.4 Å². The number of rotatable bonds is 4. The first-order valence-corrected chi connectivity index (χ1v) is 6.11. The van der Waals surface area contributed by atoms with Crippen molar-refractivity contribution in [3.63, 3.8) is 0 Å². The molecule has 0 aromatic carbocycles. The molecule has 0 unspecified atom stereocenters. The molecule has 0 spiro atoms. The third-order valence-corrected chi connectivity index (χ3v) is 3.13. The average molecular weight is 236 g/mol. The van der Waals surface area contributed by atoms with E-state index in [9.17, 15) is 5.11 Å². The van der Waals surface area contributed by atoms with E-state index in [2.05, 4.69) is 10.3 Å². The summed E-state index contributed by atoms with van der Waals surface area (Å²) in [5.41, 5.74) is 1.43. The molecule has 0 radical (unpaired) electrons. The van der Waals surface area contributed by atoms with Crippen LogP contribution in [0.25, 0.3) is 0 Å². The van der Waals surface area contributed by atoms with Crippen molar-refractivity contribution in [2.24, 2.45) is 0 Å². The Hall–Kier alpha value is -0.970. The van der Waals surface area contributed by atoms with Crippen LogP contribution in [0.5, 0.6) is 0 Å². The third kappa shape index (κ3) is 3.77. The fourth-order valence-electron chi connectivity index (χ4n) is 2.05. The van der Waals surface area contributed by atoms with Crippen LogP contribution in [-0.2, 0) is 11.3 Å². The Bertz CT molecular complexity index is 362. The number of aromatic nitrogens is 1. The first kappa shape index (κ1) is 12.5. The number of nitrogens with zero attached hydrogens (tertiary/aromatic N) is 1. The van der Waals surface area contributed by atoms with Crippen LogP contribution >= 0.6 is 0 Å². The molecule has 1 aliphatic heterocycles. The van der Waals surface area contributed by atoms with E-state index < -0.39 is 5.60 Å². The summed E-state index contributed by atoms with van der Waals surface area (Å²) in [7, 11) is 0. The molecule has 0 bridgehead atoms. The molecule has 2 heterocycles. The molecule has 0 aliphatic carbocycles. The van der Waals surface area contributed by atoms with Crippen molar-refractivity contribution in [1.82, 2.24) is 10.3 Å². The van der Waals surface area contributed by atoms with Crippen molar-refractivity contribution in [2.45, 2.75) is 31.9 Å². The van der Waals surface area contributed by atoms with Gasteiger partial charge in [-0.15, -0.1) is 0 Å². The molecule has 1 aromatic rings. The monoisotopic (exact) mass is 236 g/mol. The van der Waals surface area contributed by atoms with Gasteiger partial charge in [0, 0.05) is 44.8 Å². The largest absolute Gasteiger partial charge is 0.388 e. The van der Waals surface area contributed by atoms with Crippen molar-refractivity contribution in [2.75, 3.05) is 19.8 Å². The standard InChI is InChI=1S/C13H20N2O2/c1-11-3-2-4-12(15-11)9-14-10-13(16)5-7-17-8-6-13/h2-4,14,16H,5-10H2,1H3. The lowest BCUT2D eigenvalue weighted by Gasteiger charge is -2.32. The molecule has 4 nitrogen and oxygen atoms in total. The third-order valence-electron chi connectivity index (χ3n) is 3.13. The van der Waals surface area contributed by atoms with E-state index >= 15 is 0 Å². The molecule has 1 saturated heterocycles. The second-order valence-electron chi connectivity index (χ2n) is 4.71. The highest BCUT2D eigenvalue weighted by Gasteiger charge is 2.28. The number of aryl methyl sites for hydroxylation is 1. The van der Waals surface area contributed by atoms with Gasteiger partial charge in [-0.2, -0.15) is 0 Å². The molecule has 1 aliphatic rings. The molecule has 4 heteroatoms. The normalized spacial score (nSPS) is 19.2. The number of hydrogen-bond acceptors (Lipinski definition) is 4. The molecule has 17 heavy (non-hydrogen) atoms. The fraction of sp³-hybridized carbons (Fsp3) is 0.615. The number of pyridine rings is 1. The second kappa shape index (κ2) is 5.58. The quantitative estimate of drug-likeness (QED) is 0.819. The van der Waals surface area contributed by atoms with Crippen molar-refractivity contribution < 1.29 is 9.84 Å². The lowest BCUT2D eigenvalue weighted by molar-refractivity contribution is -0.0617. The van der Waals surface area contributed by atoms with Crippen LogP contribution in [0.15, 0.2) is 18.2 Å². The second-order valence-corrected chi connectivity index (χ2v) is 4.71. The van der Waals surface area contributed by atoms with Crippen LogP contribution in [0.2, 0.25) is 0 Å². The minimum absolute atomic E-state index is 0.603. The van der Waals surface area contributed by atoms with Gasteiger partial charge in [0.2, 0.25) is 0 Å². The van der Waals surface area contributed by atoms with Gasteiger partial charge in [-0.25, -0.2) is 0 Å². The first-order chi connectivity index (χ1) is 8.18. The van der Waals surface area contributed by atoms with Crippen LogP contribution in [0.1, 0.15) is 24.2 Å². The van der Waals surface area contributed by atoms with E-state index in [1.165, 1.54) is 0 Å². The van der Waals surface area contributed by atoms with E-state index in [4.69, 9.17) is 4.74 Å². The van der Waals surface area contributed by atoms with E-state index in [1.807, 2.05) is 25.1 Å². The molecular formula is C13H20N2O2. The Kier molecular flexibility index (Phi) is 4.10. The summed E-state index contributed by atoms with van der Waals surface area (Å²) in [5, 5.41) is 13.5. The number of ether oxygens (including phenoxy) is 1. The van der Waals surface area contributed by atoms with E-state index in [-0.39, 0.29) is 0 Å². The summed E-state index contributed by atoms with van der Waals surface area (Å²) in [6, 6.07) is 5.98. The highest BCUT2D eigenvalue weighted by molar-refractivity contribution is 5.09. The number of aliphatic hydroxyl groups is 1. The Balaban J connectivity index is 1.79.